The molecule has 3 heteroatoms. The summed E-state index contributed by atoms with van der Waals surface area (Å²) in [7, 11) is 3.95. The molecule has 0 aliphatic rings. The van der Waals surface area contributed by atoms with Crippen LogP contribution in [0.5, 0.6) is 0 Å². The Balaban J connectivity index is 3.63. The van der Waals surface area contributed by atoms with Crippen molar-refractivity contribution in [3.05, 3.63) is 11.1 Å². The molecule has 0 aromatic carbocycles. The van der Waals surface area contributed by atoms with Crippen LogP contribution in [0.3, 0.4) is 0 Å². The second kappa shape index (κ2) is 5.58. The summed E-state index contributed by atoms with van der Waals surface area (Å²) in [5.74, 6) is 0. The van der Waals surface area contributed by atoms with Crippen molar-refractivity contribution in [2.45, 2.75) is 19.4 Å². The zero-order chi connectivity index (χ0) is 8.85. The topological polar surface area (TPSA) is 23.5 Å². The fourth-order valence-corrected chi connectivity index (χ4v) is 0.939. The molecule has 0 saturated heterocycles. The normalized spacial score (nSPS) is 15.6. The van der Waals surface area contributed by atoms with Gasteiger partial charge in [0.25, 0.3) is 0 Å². The molecule has 0 aromatic rings. The summed E-state index contributed by atoms with van der Waals surface area (Å²) in [6.07, 6.45) is 2.12. The number of hydrogen-bond donors (Lipinski definition) is 1. The van der Waals surface area contributed by atoms with E-state index in [1.54, 1.807) is 6.92 Å². The Morgan fingerprint density at radius 3 is 2.55 bits per heavy atom. The van der Waals surface area contributed by atoms with Crippen molar-refractivity contribution in [1.82, 2.24) is 4.90 Å². The minimum atomic E-state index is -0.346. The molecule has 0 saturated carbocycles. The first kappa shape index (κ1) is 11.0. The van der Waals surface area contributed by atoms with Crippen molar-refractivity contribution in [1.29, 1.82) is 0 Å². The molecule has 1 atom stereocenters. The quantitative estimate of drug-likeness (QED) is 0.703. The predicted octanol–water partition coefficient (Wildman–Crippen LogP) is 1.44. The Bertz CT molecular complexity index is 132. The second-order valence-corrected chi connectivity index (χ2v) is 3.45. The van der Waals surface area contributed by atoms with Crippen molar-refractivity contribution in [2.75, 3.05) is 20.6 Å². The lowest BCUT2D eigenvalue weighted by atomic mass is 10.2. The van der Waals surface area contributed by atoms with Crippen LogP contribution in [0.15, 0.2) is 11.1 Å². The van der Waals surface area contributed by atoms with E-state index < -0.39 is 0 Å². The van der Waals surface area contributed by atoms with Gasteiger partial charge in [0.15, 0.2) is 0 Å². The molecule has 0 aliphatic heterocycles. The van der Waals surface area contributed by atoms with Crippen LogP contribution in [0.4, 0.5) is 0 Å². The predicted molar refractivity (Wildman–Crippen MR) is 48.8 cm³/mol. The van der Waals surface area contributed by atoms with Crippen LogP contribution in [0.1, 0.15) is 13.3 Å². The Morgan fingerprint density at radius 2 is 2.18 bits per heavy atom. The lowest BCUT2D eigenvalue weighted by Crippen LogP contribution is -2.11. The highest BCUT2D eigenvalue weighted by atomic mass is 35.5. The average Bonchev–Trinajstić information content (AvgIpc) is 1.82. The molecule has 0 aliphatic carbocycles. The van der Waals surface area contributed by atoms with Crippen molar-refractivity contribution in [3.63, 3.8) is 0 Å². The number of hydrogen-bond acceptors (Lipinski definition) is 2. The van der Waals surface area contributed by atoms with Crippen molar-refractivity contribution in [3.8, 4) is 0 Å². The Labute approximate surface area is 73.5 Å². The molecule has 0 heterocycles. The molecule has 0 bridgehead atoms. The Hall–Kier alpha value is -0.0500. The van der Waals surface area contributed by atoms with Crippen molar-refractivity contribution < 1.29 is 5.11 Å². The maximum absolute atomic E-state index is 8.95. The van der Waals surface area contributed by atoms with Gasteiger partial charge in [-0.15, -0.1) is 0 Å². The van der Waals surface area contributed by atoms with Gasteiger partial charge in [-0.3, -0.25) is 0 Å². The molecule has 0 fully saturated rings. The number of likely N-dealkylation sites (N-methyl/N-ethyl adjacent to an activating group) is 1. The summed E-state index contributed by atoms with van der Waals surface area (Å²) < 4.78 is 0. The third-order valence-corrected chi connectivity index (χ3v) is 1.48. The number of aliphatic hydroxyl groups is 1. The fourth-order valence-electron chi connectivity index (χ4n) is 0.647. The van der Waals surface area contributed by atoms with Gasteiger partial charge in [-0.1, -0.05) is 17.7 Å². The Kier molecular flexibility index (Phi) is 5.56. The van der Waals surface area contributed by atoms with Gasteiger partial charge >= 0.3 is 0 Å². The van der Waals surface area contributed by atoms with Crippen LogP contribution in [0.25, 0.3) is 0 Å². The first-order chi connectivity index (χ1) is 5.02. The van der Waals surface area contributed by atoms with E-state index in [0.29, 0.717) is 6.42 Å². The zero-order valence-corrected chi connectivity index (χ0v) is 8.10. The SMILES string of the molecule is CC(O)CC(Cl)=CCN(C)C. The van der Waals surface area contributed by atoms with Crippen LogP contribution >= 0.6 is 11.6 Å². The van der Waals surface area contributed by atoms with Gasteiger partial charge in [0.2, 0.25) is 0 Å². The van der Waals surface area contributed by atoms with E-state index in [-0.39, 0.29) is 6.10 Å². The van der Waals surface area contributed by atoms with Gasteiger partial charge in [0.1, 0.15) is 0 Å². The third kappa shape index (κ3) is 7.85. The fraction of sp³-hybridized carbons (Fsp3) is 0.750. The molecule has 0 amide bonds. The van der Waals surface area contributed by atoms with Gasteiger partial charge < -0.3 is 10.0 Å². The highest BCUT2D eigenvalue weighted by Gasteiger charge is 1.98. The summed E-state index contributed by atoms with van der Waals surface area (Å²) >= 11 is 5.79. The van der Waals surface area contributed by atoms with Crippen LogP contribution in [0.2, 0.25) is 0 Å². The molecule has 11 heavy (non-hydrogen) atoms. The molecule has 1 N–H and O–H groups in total. The summed E-state index contributed by atoms with van der Waals surface area (Å²) in [5.41, 5.74) is 0. The maximum Gasteiger partial charge on any atom is 0.0560 e. The molecular weight excluding hydrogens is 162 g/mol. The van der Waals surface area contributed by atoms with E-state index in [1.165, 1.54) is 0 Å². The van der Waals surface area contributed by atoms with Crippen LogP contribution < -0.4 is 0 Å². The number of nitrogens with zero attached hydrogens (tertiary/aromatic N) is 1. The lowest BCUT2D eigenvalue weighted by molar-refractivity contribution is 0.197. The summed E-state index contributed by atoms with van der Waals surface area (Å²) in [5, 5.41) is 9.68. The minimum Gasteiger partial charge on any atom is -0.393 e. The van der Waals surface area contributed by atoms with E-state index in [9.17, 15) is 0 Å². The van der Waals surface area contributed by atoms with Gasteiger partial charge in [0.05, 0.1) is 6.10 Å². The molecule has 0 aromatic heterocycles. The number of rotatable bonds is 4. The summed E-state index contributed by atoms with van der Waals surface area (Å²) in [4.78, 5) is 2.02. The largest absolute Gasteiger partial charge is 0.393 e. The molecular formula is C8H16ClNO. The third-order valence-electron chi connectivity index (χ3n) is 1.17. The highest BCUT2D eigenvalue weighted by Crippen LogP contribution is 2.09. The molecule has 0 spiro atoms. The summed E-state index contributed by atoms with van der Waals surface area (Å²) in [6, 6.07) is 0. The van der Waals surface area contributed by atoms with Crippen LogP contribution in [-0.2, 0) is 0 Å². The van der Waals surface area contributed by atoms with Gasteiger partial charge in [-0.2, -0.15) is 0 Å². The first-order valence-corrected chi connectivity index (χ1v) is 4.07. The number of aliphatic hydroxyl groups excluding tert-OH is 1. The average molecular weight is 178 g/mol. The van der Waals surface area contributed by atoms with E-state index in [2.05, 4.69) is 0 Å². The van der Waals surface area contributed by atoms with Crippen molar-refractivity contribution >= 4 is 11.6 Å². The van der Waals surface area contributed by atoms with E-state index in [4.69, 9.17) is 16.7 Å². The van der Waals surface area contributed by atoms with Crippen molar-refractivity contribution in [2.24, 2.45) is 0 Å². The molecule has 1 unspecified atom stereocenters. The standard InChI is InChI=1S/C8H16ClNO/c1-7(11)6-8(9)4-5-10(2)3/h4,7,11H,5-6H2,1-3H3. The lowest BCUT2D eigenvalue weighted by Gasteiger charge is -2.06. The molecule has 0 radical (unpaired) electrons. The molecule has 2 nitrogen and oxygen atoms in total. The highest BCUT2D eigenvalue weighted by molar-refractivity contribution is 6.29. The monoisotopic (exact) mass is 177 g/mol. The van der Waals surface area contributed by atoms with Gasteiger partial charge in [-0.25, -0.2) is 0 Å². The smallest absolute Gasteiger partial charge is 0.0560 e. The van der Waals surface area contributed by atoms with Crippen LogP contribution in [-0.4, -0.2) is 36.8 Å². The second-order valence-electron chi connectivity index (χ2n) is 2.97. The maximum atomic E-state index is 8.95. The zero-order valence-electron chi connectivity index (χ0n) is 7.34. The number of halogens is 1. The van der Waals surface area contributed by atoms with Crippen LogP contribution in [0, 0.1) is 0 Å². The van der Waals surface area contributed by atoms with E-state index in [0.717, 1.165) is 11.6 Å². The molecule has 0 rings (SSSR count). The van der Waals surface area contributed by atoms with E-state index in [1.807, 2.05) is 25.1 Å². The molecule has 66 valence electrons. The van der Waals surface area contributed by atoms with Gasteiger partial charge in [-0.05, 0) is 21.0 Å². The Morgan fingerprint density at radius 1 is 1.64 bits per heavy atom. The first-order valence-electron chi connectivity index (χ1n) is 3.69. The summed E-state index contributed by atoms with van der Waals surface area (Å²) in [6.45, 7) is 2.55. The van der Waals surface area contributed by atoms with E-state index >= 15 is 0 Å². The van der Waals surface area contributed by atoms with Gasteiger partial charge in [0, 0.05) is 18.0 Å². The minimum absolute atomic E-state index is 0.346.